The van der Waals surface area contributed by atoms with Crippen molar-refractivity contribution in [1.29, 1.82) is 0 Å². The highest BCUT2D eigenvalue weighted by molar-refractivity contribution is 8.00. The van der Waals surface area contributed by atoms with Gasteiger partial charge in [-0.15, -0.1) is 11.8 Å². The highest BCUT2D eigenvalue weighted by atomic mass is 35.5. The standard InChI is InChI=1S/C39H35ClN4O3S/c1-26-14-17-30(40)25-34(26)42-39(47)36(28-10-6-4-7-11-28)48-33-22-18-31(19-23-33)41-38(46)35(43-37(45)29-12-8-5-9-13-29)24-27-15-20-32(21-16-27)44(2)3/h4-25,36H,1-3H3,(H,41,46)(H,42,47)(H,43,45)/b35-24-. The van der Waals surface area contributed by atoms with Gasteiger partial charge < -0.3 is 20.9 Å². The van der Waals surface area contributed by atoms with Crippen molar-refractivity contribution in [2.24, 2.45) is 0 Å². The van der Waals surface area contributed by atoms with Gasteiger partial charge in [0.05, 0.1) is 0 Å². The number of aryl methyl sites for hydroxylation is 1. The molecule has 5 aromatic carbocycles. The fourth-order valence-corrected chi connectivity index (χ4v) is 5.95. The van der Waals surface area contributed by atoms with E-state index in [2.05, 4.69) is 16.0 Å². The molecule has 3 amide bonds. The summed E-state index contributed by atoms with van der Waals surface area (Å²) in [7, 11) is 3.90. The largest absolute Gasteiger partial charge is 0.378 e. The van der Waals surface area contributed by atoms with Crippen LogP contribution >= 0.6 is 23.4 Å². The molecule has 0 fully saturated rings. The van der Waals surface area contributed by atoms with E-state index < -0.39 is 17.1 Å². The zero-order valence-corrected chi connectivity index (χ0v) is 28.3. The Hall–Kier alpha value is -5.31. The molecule has 0 aromatic heterocycles. The van der Waals surface area contributed by atoms with Gasteiger partial charge in [0.1, 0.15) is 10.9 Å². The molecule has 48 heavy (non-hydrogen) atoms. The van der Waals surface area contributed by atoms with Gasteiger partial charge in [0, 0.05) is 46.6 Å². The van der Waals surface area contributed by atoms with Crippen molar-refractivity contribution < 1.29 is 14.4 Å². The average molecular weight is 675 g/mol. The van der Waals surface area contributed by atoms with Gasteiger partial charge in [0.25, 0.3) is 11.8 Å². The first kappa shape index (κ1) is 34.0. The molecule has 3 N–H and O–H groups in total. The van der Waals surface area contributed by atoms with Crippen molar-refractivity contribution in [3.8, 4) is 0 Å². The van der Waals surface area contributed by atoms with E-state index >= 15 is 0 Å². The van der Waals surface area contributed by atoms with E-state index in [4.69, 9.17) is 11.6 Å². The van der Waals surface area contributed by atoms with Gasteiger partial charge in [-0.3, -0.25) is 14.4 Å². The number of nitrogens with one attached hydrogen (secondary N) is 3. The summed E-state index contributed by atoms with van der Waals surface area (Å²) >= 11 is 7.59. The van der Waals surface area contributed by atoms with Crippen LogP contribution in [0, 0.1) is 6.92 Å². The molecule has 242 valence electrons. The van der Waals surface area contributed by atoms with Crippen LogP contribution in [0.4, 0.5) is 17.1 Å². The lowest BCUT2D eigenvalue weighted by molar-refractivity contribution is -0.116. The summed E-state index contributed by atoms with van der Waals surface area (Å²) < 4.78 is 0. The third-order valence-electron chi connectivity index (χ3n) is 7.41. The lowest BCUT2D eigenvalue weighted by Crippen LogP contribution is -2.30. The molecule has 0 spiro atoms. The van der Waals surface area contributed by atoms with Crippen LogP contribution < -0.4 is 20.9 Å². The molecular weight excluding hydrogens is 640 g/mol. The Morgan fingerprint density at radius 2 is 1.42 bits per heavy atom. The van der Waals surface area contributed by atoms with Crippen molar-refractivity contribution in [3.05, 3.63) is 160 Å². The van der Waals surface area contributed by atoms with Gasteiger partial charge in [-0.1, -0.05) is 78.3 Å². The molecule has 1 unspecified atom stereocenters. The maximum Gasteiger partial charge on any atom is 0.272 e. The fourth-order valence-electron chi connectivity index (χ4n) is 4.76. The minimum Gasteiger partial charge on any atom is -0.378 e. The Labute approximate surface area is 290 Å². The predicted octanol–water partition coefficient (Wildman–Crippen LogP) is 8.60. The smallest absolute Gasteiger partial charge is 0.272 e. The van der Waals surface area contributed by atoms with Gasteiger partial charge >= 0.3 is 0 Å². The predicted molar refractivity (Wildman–Crippen MR) is 198 cm³/mol. The minimum absolute atomic E-state index is 0.0945. The second-order valence-corrected chi connectivity index (χ2v) is 12.8. The highest BCUT2D eigenvalue weighted by Gasteiger charge is 2.23. The molecule has 1 atom stereocenters. The number of hydrogen-bond acceptors (Lipinski definition) is 5. The van der Waals surface area contributed by atoms with Crippen LogP contribution in [0.15, 0.2) is 138 Å². The molecule has 0 heterocycles. The summed E-state index contributed by atoms with van der Waals surface area (Å²) in [6.07, 6.45) is 1.64. The number of hydrogen-bond donors (Lipinski definition) is 3. The maximum absolute atomic E-state index is 13.6. The Balaban J connectivity index is 1.34. The first-order chi connectivity index (χ1) is 23.2. The number of halogens is 1. The van der Waals surface area contributed by atoms with Crippen molar-refractivity contribution in [2.45, 2.75) is 17.1 Å². The molecule has 0 radical (unpaired) electrons. The maximum atomic E-state index is 13.6. The summed E-state index contributed by atoms with van der Waals surface area (Å²) in [4.78, 5) is 43.0. The average Bonchev–Trinajstić information content (AvgIpc) is 3.10. The number of thioether (sulfide) groups is 1. The fraction of sp³-hybridized carbons (Fsp3) is 0.103. The third-order valence-corrected chi connectivity index (χ3v) is 8.91. The van der Waals surface area contributed by atoms with Gasteiger partial charge in [-0.25, -0.2) is 0 Å². The van der Waals surface area contributed by atoms with Crippen LogP contribution in [0.5, 0.6) is 0 Å². The topological polar surface area (TPSA) is 90.5 Å². The Morgan fingerprint density at radius 1 is 0.771 bits per heavy atom. The minimum atomic E-state index is -0.549. The highest BCUT2D eigenvalue weighted by Crippen LogP contribution is 2.37. The van der Waals surface area contributed by atoms with Gasteiger partial charge in [-0.05, 0) is 90.4 Å². The normalized spacial score (nSPS) is 11.7. The number of carbonyl (C=O) groups is 3. The monoisotopic (exact) mass is 674 g/mol. The number of rotatable bonds is 11. The van der Waals surface area contributed by atoms with Crippen molar-refractivity contribution in [3.63, 3.8) is 0 Å². The van der Waals surface area contributed by atoms with Crippen LogP contribution in [-0.2, 0) is 9.59 Å². The second kappa shape index (κ2) is 16.0. The Morgan fingerprint density at radius 3 is 2.06 bits per heavy atom. The van der Waals surface area contributed by atoms with Crippen molar-refractivity contribution in [1.82, 2.24) is 5.32 Å². The van der Waals surface area contributed by atoms with Crippen LogP contribution in [0.1, 0.15) is 32.3 Å². The van der Waals surface area contributed by atoms with E-state index in [0.29, 0.717) is 22.0 Å². The van der Waals surface area contributed by atoms with E-state index in [1.807, 2.05) is 105 Å². The molecular formula is C39H35ClN4O3S. The number of nitrogens with zero attached hydrogens (tertiary/aromatic N) is 1. The zero-order chi connectivity index (χ0) is 34.0. The van der Waals surface area contributed by atoms with Crippen LogP contribution in [0.25, 0.3) is 6.08 Å². The van der Waals surface area contributed by atoms with Crippen molar-refractivity contribution >= 4 is 64.2 Å². The molecule has 5 aromatic rings. The molecule has 9 heteroatoms. The van der Waals surface area contributed by atoms with Gasteiger partial charge in [-0.2, -0.15) is 0 Å². The molecule has 7 nitrogen and oxygen atoms in total. The number of amides is 3. The second-order valence-electron chi connectivity index (χ2n) is 11.2. The quantitative estimate of drug-likeness (QED) is 0.0965. The summed E-state index contributed by atoms with van der Waals surface area (Å²) in [5, 5.41) is 8.70. The Kier molecular flexibility index (Phi) is 11.3. The summed E-state index contributed by atoms with van der Waals surface area (Å²) in [6, 6.07) is 38.5. The van der Waals surface area contributed by atoms with E-state index in [1.165, 1.54) is 11.8 Å². The molecule has 5 rings (SSSR count). The first-order valence-electron chi connectivity index (χ1n) is 15.2. The molecule has 0 aliphatic heterocycles. The molecule has 0 bridgehead atoms. The summed E-state index contributed by atoms with van der Waals surface area (Å²) in [5.41, 5.74) is 5.23. The van der Waals surface area contributed by atoms with E-state index in [9.17, 15) is 14.4 Å². The number of carbonyl (C=O) groups excluding carboxylic acids is 3. The summed E-state index contributed by atoms with van der Waals surface area (Å²) in [5.74, 6) is -1.06. The van der Waals surface area contributed by atoms with E-state index in [0.717, 1.165) is 27.3 Å². The third kappa shape index (κ3) is 9.15. The zero-order valence-electron chi connectivity index (χ0n) is 26.7. The van der Waals surface area contributed by atoms with E-state index in [-0.39, 0.29) is 11.6 Å². The SMILES string of the molecule is Cc1ccc(Cl)cc1NC(=O)C(Sc1ccc(NC(=O)/C(=C/c2ccc(N(C)C)cc2)NC(=O)c2ccccc2)cc1)c1ccccc1. The molecule has 0 aliphatic rings. The van der Waals surface area contributed by atoms with Crippen LogP contribution in [0.3, 0.4) is 0 Å². The molecule has 0 saturated carbocycles. The number of benzene rings is 5. The van der Waals surface area contributed by atoms with Crippen molar-refractivity contribution in [2.75, 3.05) is 29.6 Å². The lowest BCUT2D eigenvalue weighted by Gasteiger charge is -2.18. The summed E-state index contributed by atoms with van der Waals surface area (Å²) in [6.45, 7) is 1.91. The number of anilines is 3. The first-order valence-corrected chi connectivity index (χ1v) is 16.5. The van der Waals surface area contributed by atoms with Crippen LogP contribution in [0.2, 0.25) is 5.02 Å². The van der Waals surface area contributed by atoms with Crippen LogP contribution in [-0.4, -0.2) is 31.8 Å². The molecule has 0 saturated heterocycles. The lowest BCUT2D eigenvalue weighted by atomic mass is 10.1. The Bertz CT molecular complexity index is 1910. The van der Waals surface area contributed by atoms with E-state index in [1.54, 1.807) is 54.6 Å². The molecule has 0 aliphatic carbocycles. The van der Waals surface area contributed by atoms with Gasteiger partial charge in [0.15, 0.2) is 0 Å². The van der Waals surface area contributed by atoms with Gasteiger partial charge in [0.2, 0.25) is 5.91 Å².